The molecule has 0 aromatic heterocycles. The van der Waals surface area contributed by atoms with Crippen molar-refractivity contribution in [1.82, 2.24) is 0 Å². The van der Waals surface area contributed by atoms with Gasteiger partial charge < -0.3 is 10.5 Å². The molecule has 0 amide bonds. The Hall–Kier alpha value is -0.640. The van der Waals surface area contributed by atoms with Crippen LogP contribution in [0, 0.1) is 5.92 Å². The molecule has 0 aliphatic carbocycles. The minimum atomic E-state index is -1.09. The zero-order valence-corrected chi connectivity index (χ0v) is 7.00. The van der Waals surface area contributed by atoms with Crippen molar-refractivity contribution in [2.45, 2.75) is 26.1 Å². The van der Waals surface area contributed by atoms with Crippen LogP contribution in [0.5, 0.6) is 0 Å². The predicted molar refractivity (Wildman–Crippen MR) is 39.7 cm³/mol. The average molecular weight is 163 g/mol. The fourth-order valence-electron chi connectivity index (χ4n) is 0.636. The molecule has 0 bridgehead atoms. The van der Waals surface area contributed by atoms with Crippen LogP contribution in [0.3, 0.4) is 0 Å². The van der Waals surface area contributed by atoms with Crippen LogP contribution in [0.1, 0.15) is 13.8 Å². The second kappa shape index (κ2) is 4.28. The van der Waals surface area contributed by atoms with Crippen molar-refractivity contribution >= 4 is 5.97 Å². The lowest BCUT2D eigenvalue weighted by atomic mass is 9.99. The number of hydrogen-bond acceptors (Lipinski definition) is 3. The Morgan fingerprint density at radius 1 is 1.55 bits per heavy atom. The van der Waals surface area contributed by atoms with E-state index in [4.69, 9.17) is 5.73 Å². The van der Waals surface area contributed by atoms with Gasteiger partial charge in [-0.2, -0.15) is 0 Å². The maximum Gasteiger partial charge on any atom is 0.323 e. The van der Waals surface area contributed by atoms with Crippen molar-refractivity contribution in [3.63, 3.8) is 0 Å². The van der Waals surface area contributed by atoms with Crippen LogP contribution in [0.25, 0.3) is 0 Å². The smallest absolute Gasteiger partial charge is 0.323 e. The van der Waals surface area contributed by atoms with E-state index >= 15 is 0 Å². The van der Waals surface area contributed by atoms with Gasteiger partial charge in [0, 0.05) is 5.92 Å². The van der Waals surface area contributed by atoms with Crippen LogP contribution in [0.2, 0.25) is 0 Å². The molecule has 0 aliphatic rings. The van der Waals surface area contributed by atoms with E-state index in [-0.39, 0.29) is 0 Å². The van der Waals surface area contributed by atoms with Gasteiger partial charge in [-0.25, -0.2) is 4.39 Å². The molecule has 0 fully saturated rings. The number of ether oxygens (including phenoxy) is 1. The second-order valence-electron chi connectivity index (χ2n) is 2.59. The highest BCUT2D eigenvalue weighted by Crippen LogP contribution is 2.10. The first kappa shape index (κ1) is 10.4. The molecule has 4 heteroatoms. The maximum absolute atomic E-state index is 12.6. The van der Waals surface area contributed by atoms with Crippen LogP contribution in [0.15, 0.2) is 0 Å². The Balaban J connectivity index is 4.01. The molecule has 3 nitrogen and oxygen atoms in total. The summed E-state index contributed by atoms with van der Waals surface area (Å²) in [5.74, 6) is -1.07. The minimum Gasteiger partial charge on any atom is -0.468 e. The van der Waals surface area contributed by atoms with Gasteiger partial charge >= 0.3 is 5.97 Å². The summed E-state index contributed by atoms with van der Waals surface area (Å²) in [6, 6.07) is -0.861. The SMILES string of the molecule is COC(=O)C(N)C(C)C(C)F. The molecule has 0 saturated heterocycles. The third-order valence-electron chi connectivity index (χ3n) is 1.76. The lowest BCUT2D eigenvalue weighted by molar-refractivity contribution is -0.144. The van der Waals surface area contributed by atoms with E-state index < -0.39 is 24.1 Å². The topological polar surface area (TPSA) is 52.3 Å². The largest absolute Gasteiger partial charge is 0.468 e. The summed E-state index contributed by atoms with van der Waals surface area (Å²) in [6.07, 6.45) is -1.09. The van der Waals surface area contributed by atoms with Crippen molar-refractivity contribution in [2.24, 2.45) is 11.7 Å². The molecule has 0 rings (SSSR count). The van der Waals surface area contributed by atoms with Crippen LogP contribution in [-0.4, -0.2) is 25.3 Å². The summed E-state index contributed by atoms with van der Waals surface area (Å²) in [5.41, 5.74) is 5.36. The molecule has 3 atom stereocenters. The first-order valence-corrected chi connectivity index (χ1v) is 3.48. The van der Waals surface area contributed by atoms with Crippen LogP contribution in [-0.2, 0) is 9.53 Å². The number of alkyl halides is 1. The van der Waals surface area contributed by atoms with E-state index in [1.807, 2.05) is 0 Å². The Morgan fingerprint density at radius 3 is 2.27 bits per heavy atom. The summed E-state index contributed by atoms with van der Waals surface area (Å²) in [6.45, 7) is 2.94. The van der Waals surface area contributed by atoms with Gasteiger partial charge in [0.1, 0.15) is 12.2 Å². The van der Waals surface area contributed by atoms with E-state index in [1.54, 1.807) is 6.92 Å². The molecule has 0 aromatic carbocycles. The zero-order valence-electron chi connectivity index (χ0n) is 7.00. The Kier molecular flexibility index (Phi) is 4.03. The van der Waals surface area contributed by atoms with Gasteiger partial charge in [0.2, 0.25) is 0 Å². The predicted octanol–water partition coefficient (Wildman–Crippen LogP) is 0.481. The fraction of sp³-hybridized carbons (Fsp3) is 0.857. The van der Waals surface area contributed by atoms with Crippen molar-refractivity contribution in [2.75, 3.05) is 7.11 Å². The fourth-order valence-corrected chi connectivity index (χ4v) is 0.636. The minimum absolute atomic E-state index is 0.498. The lowest BCUT2D eigenvalue weighted by Crippen LogP contribution is -2.41. The molecule has 11 heavy (non-hydrogen) atoms. The average Bonchev–Trinajstić information content (AvgIpc) is 2.00. The van der Waals surface area contributed by atoms with Gasteiger partial charge in [0.05, 0.1) is 7.11 Å². The van der Waals surface area contributed by atoms with Gasteiger partial charge in [0.15, 0.2) is 0 Å². The van der Waals surface area contributed by atoms with Crippen LogP contribution in [0.4, 0.5) is 4.39 Å². The lowest BCUT2D eigenvalue weighted by Gasteiger charge is -2.18. The standard InChI is InChI=1S/C7H14FNO2/c1-4(5(2)8)6(9)7(10)11-3/h4-6H,9H2,1-3H3. The van der Waals surface area contributed by atoms with Crippen molar-refractivity contribution in [3.8, 4) is 0 Å². The van der Waals surface area contributed by atoms with Crippen LogP contribution < -0.4 is 5.73 Å². The highest BCUT2D eigenvalue weighted by molar-refractivity contribution is 5.75. The number of carbonyl (C=O) groups is 1. The molecule has 0 aromatic rings. The summed E-state index contributed by atoms with van der Waals surface area (Å²) in [5, 5.41) is 0. The van der Waals surface area contributed by atoms with Crippen molar-refractivity contribution < 1.29 is 13.9 Å². The van der Waals surface area contributed by atoms with Crippen molar-refractivity contribution in [3.05, 3.63) is 0 Å². The molecule has 2 N–H and O–H groups in total. The normalized spacial score (nSPS) is 18.6. The van der Waals surface area contributed by atoms with Gasteiger partial charge in [0.25, 0.3) is 0 Å². The first-order valence-electron chi connectivity index (χ1n) is 3.48. The number of hydrogen-bond donors (Lipinski definition) is 1. The molecule has 3 unspecified atom stereocenters. The number of nitrogens with two attached hydrogens (primary N) is 1. The van der Waals surface area contributed by atoms with Gasteiger partial charge in [-0.15, -0.1) is 0 Å². The third-order valence-corrected chi connectivity index (χ3v) is 1.76. The molecule has 0 heterocycles. The van der Waals surface area contributed by atoms with E-state index in [0.717, 1.165) is 0 Å². The molecule has 0 aliphatic heterocycles. The monoisotopic (exact) mass is 163 g/mol. The summed E-state index contributed by atoms with van der Waals surface area (Å²) >= 11 is 0. The Bertz CT molecular complexity index is 138. The van der Waals surface area contributed by atoms with Gasteiger partial charge in [-0.1, -0.05) is 6.92 Å². The van der Waals surface area contributed by atoms with E-state index in [0.29, 0.717) is 0 Å². The number of rotatable bonds is 3. The maximum atomic E-state index is 12.6. The Labute approximate surface area is 65.7 Å². The third kappa shape index (κ3) is 2.84. The quantitative estimate of drug-likeness (QED) is 0.616. The molecular weight excluding hydrogens is 149 g/mol. The Morgan fingerprint density at radius 2 is 2.00 bits per heavy atom. The zero-order chi connectivity index (χ0) is 9.02. The molecule has 0 spiro atoms. The van der Waals surface area contributed by atoms with E-state index in [1.165, 1.54) is 14.0 Å². The first-order chi connectivity index (χ1) is 5.00. The highest BCUT2D eigenvalue weighted by Gasteiger charge is 2.25. The van der Waals surface area contributed by atoms with E-state index in [9.17, 15) is 9.18 Å². The van der Waals surface area contributed by atoms with Crippen LogP contribution >= 0.6 is 0 Å². The molecule has 0 radical (unpaired) electrons. The number of methoxy groups -OCH3 is 1. The molecule has 66 valence electrons. The number of carbonyl (C=O) groups excluding carboxylic acids is 1. The summed E-state index contributed by atoms with van der Waals surface area (Å²) in [4.78, 5) is 10.7. The highest BCUT2D eigenvalue weighted by atomic mass is 19.1. The van der Waals surface area contributed by atoms with Gasteiger partial charge in [-0.3, -0.25) is 4.79 Å². The number of halogens is 1. The number of esters is 1. The second-order valence-corrected chi connectivity index (χ2v) is 2.59. The van der Waals surface area contributed by atoms with Gasteiger partial charge in [-0.05, 0) is 6.92 Å². The van der Waals surface area contributed by atoms with E-state index in [2.05, 4.69) is 4.74 Å². The summed E-state index contributed by atoms with van der Waals surface area (Å²) < 4.78 is 16.9. The van der Waals surface area contributed by atoms with Crippen molar-refractivity contribution in [1.29, 1.82) is 0 Å². The summed E-state index contributed by atoms with van der Waals surface area (Å²) in [7, 11) is 1.23. The molecule has 0 saturated carbocycles. The molecular formula is C7H14FNO2.